The largest absolute Gasteiger partial charge is 0.409 e. The summed E-state index contributed by atoms with van der Waals surface area (Å²) < 4.78 is 43.0. The van der Waals surface area contributed by atoms with Gasteiger partial charge in [0.25, 0.3) is 10.2 Å². The molecule has 0 spiro atoms. The van der Waals surface area contributed by atoms with Gasteiger partial charge in [-0.3, -0.25) is 0 Å². The Kier molecular flexibility index (Phi) is 5.32. The van der Waals surface area contributed by atoms with Gasteiger partial charge in [-0.05, 0) is 57.3 Å². The molecule has 1 saturated carbocycles. The number of aromatic nitrogens is 2. The van der Waals surface area contributed by atoms with Crippen LogP contribution in [0.2, 0.25) is 0 Å². The second-order valence-electron chi connectivity index (χ2n) is 5.94. The maximum atomic E-state index is 13.3. The Labute approximate surface area is 161 Å². The summed E-state index contributed by atoms with van der Waals surface area (Å²) in [6, 6.07) is 4.09. The summed E-state index contributed by atoms with van der Waals surface area (Å²) in [7, 11) is -3.85. The van der Waals surface area contributed by atoms with E-state index in [2.05, 4.69) is 51.4 Å². The number of nitrogens with one attached hydrogen (secondary N) is 3. The third-order valence-corrected chi connectivity index (χ3v) is 5.13. The number of anilines is 2. The van der Waals surface area contributed by atoms with Crippen molar-refractivity contribution in [1.29, 1.82) is 0 Å². The van der Waals surface area contributed by atoms with E-state index >= 15 is 0 Å². The third kappa shape index (κ3) is 4.91. The number of hydrogen-bond donors (Lipinski definition) is 5. The Hall–Kier alpha value is -2.29. The lowest BCUT2D eigenvalue weighted by molar-refractivity contribution is 0.305. The standard InChI is InChI=1S/C13H15BrFN7O4S/c14-8-5-7(1-2-9(8)15)18-12(19-23)10-11(21-26-20-10)17-6-13(3-4-13)22-27(16,24)25/h1-2,5,22-23H,3-4,6H2,(H,17,21)(H,18,19)(H2,16,24,25). The predicted molar refractivity (Wildman–Crippen MR) is 97.0 cm³/mol. The number of hydrogen-bond acceptors (Lipinski definition) is 8. The van der Waals surface area contributed by atoms with E-state index in [9.17, 15) is 18.0 Å². The summed E-state index contributed by atoms with van der Waals surface area (Å²) in [5.74, 6) is -0.439. The molecule has 27 heavy (non-hydrogen) atoms. The lowest BCUT2D eigenvalue weighted by atomic mass is 10.2. The maximum Gasteiger partial charge on any atom is 0.274 e. The van der Waals surface area contributed by atoms with Crippen molar-refractivity contribution >= 4 is 43.5 Å². The van der Waals surface area contributed by atoms with Crippen LogP contribution in [-0.2, 0) is 10.2 Å². The molecule has 3 rings (SSSR count). The van der Waals surface area contributed by atoms with Crippen molar-refractivity contribution in [3.05, 3.63) is 34.2 Å². The molecule has 1 aliphatic rings. The quantitative estimate of drug-likeness (QED) is 0.175. The summed E-state index contributed by atoms with van der Waals surface area (Å²) in [6.45, 7) is 0.172. The van der Waals surface area contributed by atoms with Crippen LogP contribution in [0.5, 0.6) is 0 Å². The van der Waals surface area contributed by atoms with E-state index in [4.69, 9.17) is 5.14 Å². The summed E-state index contributed by atoms with van der Waals surface area (Å²) >= 11 is 3.06. The van der Waals surface area contributed by atoms with Gasteiger partial charge in [0.15, 0.2) is 5.69 Å². The lowest BCUT2D eigenvalue weighted by Gasteiger charge is -2.16. The molecule has 14 heteroatoms. The first-order chi connectivity index (χ1) is 12.7. The lowest BCUT2D eigenvalue weighted by Crippen LogP contribution is -2.45. The molecule has 2 aromatic rings. The summed E-state index contributed by atoms with van der Waals surface area (Å²) in [5.41, 5.74) is -0.251. The Bertz CT molecular complexity index is 977. The van der Waals surface area contributed by atoms with Crippen molar-refractivity contribution in [1.82, 2.24) is 15.0 Å². The monoisotopic (exact) mass is 463 g/mol. The minimum Gasteiger partial charge on any atom is -0.409 e. The van der Waals surface area contributed by atoms with E-state index in [1.54, 1.807) is 0 Å². The van der Waals surface area contributed by atoms with Gasteiger partial charge in [-0.1, -0.05) is 5.16 Å². The Morgan fingerprint density at radius 2 is 2.19 bits per heavy atom. The number of oxime groups is 1. The highest BCUT2D eigenvalue weighted by Gasteiger charge is 2.45. The van der Waals surface area contributed by atoms with Crippen LogP contribution in [-0.4, -0.2) is 41.9 Å². The zero-order valence-electron chi connectivity index (χ0n) is 13.6. The number of rotatable bonds is 7. The molecule has 1 aromatic heterocycles. The number of nitrogens with two attached hydrogens (primary N) is 1. The molecule has 6 N–H and O–H groups in total. The van der Waals surface area contributed by atoms with E-state index in [1.807, 2.05) is 0 Å². The highest BCUT2D eigenvalue weighted by atomic mass is 79.9. The smallest absolute Gasteiger partial charge is 0.274 e. The molecule has 0 aliphatic heterocycles. The van der Waals surface area contributed by atoms with E-state index in [-0.39, 0.29) is 28.4 Å². The SMILES string of the molecule is NS(=O)(=O)NC1(CNc2nonc2C(=NO)Nc2ccc(F)c(Br)c2)CC1. The summed E-state index contributed by atoms with van der Waals surface area (Å²) in [5, 5.41) is 30.4. The van der Waals surface area contributed by atoms with E-state index in [1.165, 1.54) is 18.2 Å². The van der Waals surface area contributed by atoms with Gasteiger partial charge >= 0.3 is 0 Å². The van der Waals surface area contributed by atoms with Gasteiger partial charge < -0.3 is 15.8 Å². The van der Waals surface area contributed by atoms with Crippen LogP contribution >= 0.6 is 15.9 Å². The van der Waals surface area contributed by atoms with E-state index in [0.717, 1.165) is 0 Å². The molecule has 11 nitrogen and oxygen atoms in total. The number of amidine groups is 1. The minimum absolute atomic E-state index is 0.0457. The first-order valence-corrected chi connectivity index (χ1v) is 9.88. The van der Waals surface area contributed by atoms with Crippen molar-refractivity contribution < 1.29 is 22.6 Å². The molecule has 1 aliphatic carbocycles. The predicted octanol–water partition coefficient (Wildman–Crippen LogP) is 0.957. The van der Waals surface area contributed by atoms with Gasteiger partial charge in [-0.25, -0.2) is 14.2 Å². The van der Waals surface area contributed by atoms with Crippen LogP contribution in [0.1, 0.15) is 18.5 Å². The molecular formula is C13H15BrFN7O4S. The van der Waals surface area contributed by atoms with Crippen LogP contribution in [0.15, 0.2) is 32.5 Å². The van der Waals surface area contributed by atoms with Crippen molar-refractivity contribution in [3.8, 4) is 0 Å². The van der Waals surface area contributed by atoms with Gasteiger partial charge in [-0.2, -0.15) is 13.1 Å². The molecule has 0 amide bonds. The van der Waals surface area contributed by atoms with Gasteiger partial charge in [0.2, 0.25) is 11.7 Å². The van der Waals surface area contributed by atoms with Crippen LogP contribution in [0.3, 0.4) is 0 Å². The highest BCUT2D eigenvalue weighted by Crippen LogP contribution is 2.36. The molecular weight excluding hydrogens is 449 g/mol. The van der Waals surface area contributed by atoms with Crippen molar-refractivity contribution in [2.75, 3.05) is 17.2 Å². The number of halogens is 2. The van der Waals surface area contributed by atoms with Gasteiger partial charge in [0.05, 0.1) is 10.0 Å². The molecule has 1 aromatic carbocycles. The molecule has 1 heterocycles. The van der Waals surface area contributed by atoms with Crippen LogP contribution < -0.4 is 20.5 Å². The van der Waals surface area contributed by atoms with Crippen LogP contribution in [0.25, 0.3) is 0 Å². The fourth-order valence-electron chi connectivity index (χ4n) is 2.32. The molecule has 0 bridgehead atoms. The first-order valence-electron chi connectivity index (χ1n) is 7.54. The second kappa shape index (κ2) is 7.38. The Morgan fingerprint density at radius 1 is 1.44 bits per heavy atom. The second-order valence-corrected chi connectivity index (χ2v) is 8.09. The van der Waals surface area contributed by atoms with E-state index < -0.39 is 21.6 Å². The third-order valence-electron chi connectivity index (χ3n) is 3.80. The summed E-state index contributed by atoms with van der Waals surface area (Å²) in [6.07, 6.45) is 1.19. The molecule has 0 unspecified atom stereocenters. The molecule has 1 fully saturated rings. The van der Waals surface area contributed by atoms with Gasteiger partial charge in [-0.15, -0.1) is 0 Å². The van der Waals surface area contributed by atoms with Crippen LogP contribution in [0, 0.1) is 5.82 Å². The van der Waals surface area contributed by atoms with Gasteiger partial charge in [0, 0.05) is 12.2 Å². The van der Waals surface area contributed by atoms with Crippen molar-refractivity contribution in [2.24, 2.45) is 10.3 Å². The topological polar surface area (TPSA) is 168 Å². The fourth-order valence-corrected chi connectivity index (χ4v) is 3.58. The van der Waals surface area contributed by atoms with Gasteiger partial charge in [0.1, 0.15) is 5.82 Å². The average molecular weight is 464 g/mol. The van der Waals surface area contributed by atoms with E-state index in [0.29, 0.717) is 18.5 Å². The normalized spacial score (nSPS) is 16.2. The zero-order valence-corrected chi connectivity index (χ0v) is 16.0. The summed E-state index contributed by atoms with van der Waals surface area (Å²) in [4.78, 5) is 0. The minimum atomic E-state index is -3.85. The molecule has 0 atom stereocenters. The number of benzene rings is 1. The molecule has 0 radical (unpaired) electrons. The van der Waals surface area contributed by atoms with Crippen molar-refractivity contribution in [2.45, 2.75) is 18.4 Å². The Balaban J connectivity index is 1.72. The first kappa shape index (κ1) is 19.5. The number of nitrogens with zero attached hydrogens (tertiary/aromatic N) is 3. The fraction of sp³-hybridized carbons (Fsp3) is 0.308. The molecule has 146 valence electrons. The van der Waals surface area contributed by atoms with Crippen LogP contribution in [0.4, 0.5) is 15.9 Å². The van der Waals surface area contributed by atoms with Crippen molar-refractivity contribution in [3.63, 3.8) is 0 Å². The highest BCUT2D eigenvalue weighted by molar-refractivity contribution is 9.10. The Morgan fingerprint density at radius 3 is 2.78 bits per heavy atom. The average Bonchev–Trinajstić information content (AvgIpc) is 3.17. The zero-order chi connectivity index (χ0) is 19.7. The molecule has 0 saturated heterocycles. The maximum absolute atomic E-state index is 13.3.